The highest BCUT2D eigenvalue weighted by Gasteiger charge is 2.28. The van der Waals surface area contributed by atoms with Crippen LogP contribution in [0.1, 0.15) is 34.8 Å². The Morgan fingerprint density at radius 2 is 1.76 bits per heavy atom. The van der Waals surface area contributed by atoms with E-state index in [2.05, 4.69) is 23.3 Å². The predicted octanol–water partition coefficient (Wildman–Crippen LogP) is 4.46. The zero-order chi connectivity index (χ0) is 19.8. The van der Waals surface area contributed by atoms with Crippen LogP contribution >= 0.6 is 0 Å². The minimum atomic E-state index is 0.0578. The van der Waals surface area contributed by atoms with E-state index >= 15 is 0 Å². The van der Waals surface area contributed by atoms with Crippen molar-refractivity contribution in [1.82, 2.24) is 15.0 Å². The summed E-state index contributed by atoms with van der Waals surface area (Å²) in [5.74, 6) is 0.0578. The van der Waals surface area contributed by atoms with Gasteiger partial charge in [-0.15, -0.1) is 5.10 Å². The summed E-state index contributed by atoms with van der Waals surface area (Å²) in [6.45, 7) is 2.75. The molecule has 144 valence electrons. The van der Waals surface area contributed by atoms with Crippen LogP contribution in [-0.4, -0.2) is 26.9 Å². The number of para-hydroxylation sites is 2. The van der Waals surface area contributed by atoms with Gasteiger partial charge in [0.2, 0.25) is 0 Å². The molecule has 0 saturated carbocycles. The average molecular weight is 382 g/mol. The number of aryl methyl sites for hydroxylation is 1. The molecule has 0 bridgehead atoms. The van der Waals surface area contributed by atoms with Gasteiger partial charge in [-0.3, -0.25) is 4.79 Å². The van der Waals surface area contributed by atoms with Crippen LogP contribution in [0.15, 0.2) is 72.8 Å². The second-order valence-electron chi connectivity index (χ2n) is 7.62. The van der Waals surface area contributed by atoms with Crippen molar-refractivity contribution >= 4 is 22.6 Å². The van der Waals surface area contributed by atoms with Crippen molar-refractivity contribution in [3.05, 3.63) is 89.5 Å². The quantitative estimate of drug-likeness (QED) is 0.526. The minimum Gasteiger partial charge on any atom is -0.305 e. The summed E-state index contributed by atoms with van der Waals surface area (Å²) >= 11 is 0. The standard InChI is InChI=1S/C24H22N4O/c1-17-10-13-19-6-2-4-8-22(19)28(17)24(29)20-14-11-18(12-15-20)16-27-23-9-5-3-7-21(23)25-26-27/h2-9,11-12,14-15,17H,10,13,16H2,1H3. The molecule has 0 N–H and O–H groups in total. The van der Waals surface area contributed by atoms with Crippen LogP contribution in [-0.2, 0) is 13.0 Å². The molecule has 1 aromatic heterocycles. The molecule has 0 radical (unpaired) electrons. The normalized spacial score (nSPS) is 16.0. The van der Waals surface area contributed by atoms with Crippen LogP contribution < -0.4 is 4.90 Å². The van der Waals surface area contributed by atoms with Gasteiger partial charge in [-0.1, -0.05) is 47.7 Å². The number of amides is 1. The Hall–Kier alpha value is -3.47. The first-order chi connectivity index (χ1) is 14.2. The van der Waals surface area contributed by atoms with Crippen molar-refractivity contribution in [2.24, 2.45) is 0 Å². The Morgan fingerprint density at radius 3 is 2.62 bits per heavy atom. The van der Waals surface area contributed by atoms with Gasteiger partial charge in [-0.25, -0.2) is 4.68 Å². The monoisotopic (exact) mass is 382 g/mol. The maximum atomic E-state index is 13.3. The molecule has 1 amide bonds. The largest absolute Gasteiger partial charge is 0.305 e. The number of fused-ring (bicyclic) bond motifs is 2. The molecular weight excluding hydrogens is 360 g/mol. The van der Waals surface area contributed by atoms with Gasteiger partial charge in [-0.2, -0.15) is 0 Å². The molecule has 1 aliphatic heterocycles. The second kappa shape index (κ2) is 7.17. The average Bonchev–Trinajstić information content (AvgIpc) is 3.17. The lowest BCUT2D eigenvalue weighted by molar-refractivity contribution is 0.0975. The Balaban J connectivity index is 1.40. The van der Waals surface area contributed by atoms with Crippen molar-refractivity contribution in [2.75, 3.05) is 4.90 Å². The van der Waals surface area contributed by atoms with Crippen molar-refractivity contribution < 1.29 is 4.79 Å². The molecule has 3 aromatic carbocycles. The van der Waals surface area contributed by atoms with E-state index in [1.54, 1.807) is 0 Å². The van der Waals surface area contributed by atoms with Gasteiger partial charge in [-0.05, 0) is 61.2 Å². The van der Waals surface area contributed by atoms with Crippen LogP contribution in [0.3, 0.4) is 0 Å². The maximum Gasteiger partial charge on any atom is 0.258 e. The lowest BCUT2D eigenvalue weighted by Crippen LogP contribution is -2.42. The first kappa shape index (κ1) is 17.6. The lowest BCUT2D eigenvalue weighted by atomic mass is 9.95. The maximum absolute atomic E-state index is 13.3. The molecule has 5 nitrogen and oxygen atoms in total. The van der Waals surface area contributed by atoms with E-state index in [4.69, 9.17) is 0 Å². The molecule has 4 aromatic rings. The van der Waals surface area contributed by atoms with E-state index in [9.17, 15) is 4.79 Å². The third-order valence-electron chi connectivity index (χ3n) is 5.70. The molecule has 5 heteroatoms. The highest BCUT2D eigenvalue weighted by atomic mass is 16.2. The van der Waals surface area contributed by atoms with Gasteiger partial charge in [0, 0.05) is 17.3 Å². The first-order valence-corrected chi connectivity index (χ1v) is 9.99. The number of carbonyl (C=O) groups excluding carboxylic acids is 1. The van der Waals surface area contributed by atoms with Gasteiger partial charge in [0.25, 0.3) is 5.91 Å². The second-order valence-corrected chi connectivity index (χ2v) is 7.62. The van der Waals surface area contributed by atoms with E-state index < -0.39 is 0 Å². The summed E-state index contributed by atoms with van der Waals surface area (Å²) in [6, 6.07) is 24.2. The molecule has 29 heavy (non-hydrogen) atoms. The fourth-order valence-corrected chi connectivity index (χ4v) is 4.10. The zero-order valence-corrected chi connectivity index (χ0v) is 16.3. The van der Waals surface area contributed by atoms with E-state index in [0.29, 0.717) is 12.1 Å². The van der Waals surface area contributed by atoms with Crippen LogP contribution in [0.5, 0.6) is 0 Å². The first-order valence-electron chi connectivity index (χ1n) is 9.99. The summed E-state index contributed by atoms with van der Waals surface area (Å²) in [4.78, 5) is 15.2. The number of anilines is 1. The van der Waals surface area contributed by atoms with E-state index in [1.165, 1.54) is 5.56 Å². The Morgan fingerprint density at radius 1 is 1.00 bits per heavy atom. The third-order valence-corrected chi connectivity index (χ3v) is 5.70. The molecule has 0 aliphatic carbocycles. The minimum absolute atomic E-state index is 0.0578. The van der Waals surface area contributed by atoms with Crippen molar-refractivity contribution in [1.29, 1.82) is 0 Å². The summed E-state index contributed by atoms with van der Waals surface area (Å²) in [7, 11) is 0. The topological polar surface area (TPSA) is 51.0 Å². The third kappa shape index (κ3) is 3.18. The van der Waals surface area contributed by atoms with Crippen LogP contribution in [0, 0.1) is 0 Å². The van der Waals surface area contributed by atoms with Crippen LogP contribution in [0.2, 0.25) is 0 Å². The Labute approximate surface area is 169 Å². The number of benzene rings is 3. The van der Waals surface area contributed by atoms with Crippen molar-refractivity contribution in [2.45, 2.75) is 32.4 Å². The molecule has 1 aliphatic rings. The van der Waals surface area contributed by atoms with Gasteiger partial charge in [0.15, 0.2) is 0 Å². The molecule has 1 unspecified atom stereocenters. The van der Waals surface area contributed by atoms with Crippen molar-refractivity contribution in [3.63, 3.8) is 0 Å². The fourth-order valence-electron chi connectivity index (χ4n) is 4.10. The zero-order valence-electron chi connectivity index (χ0n) is 16.3. The Kier molecular flexibility index (Phi) is 4.35. The molecule has 5 rings (SSSR count). The highest BCUT2D eigenvalue weighted by Crippen LogP contribution is 2.31. The van der Waals surface area contributed by atoms with Gasteiger partial charge in [0.1, 0.15) is 5.52 Å². The number of hydrogen-bond donors (Lipinski definition) is 0. The number of hydrogen-bond acceptors (Lipinski definition) is 3. The molecule has 0 saturated heterocycles. The van der Waals surface area contributed by atoms with Crippen LogP contribution in [0.4, 0.5) is 5.69 Å². The Bertz CT molecular complexity index is 1180. The molecule has 1 atom stereocenters. The van der Waals surface area contributed by atoms with E-state index in [-0.39, 0.29) is 11.9 Å². The van der Waals surface area contributed by atoms with Crippen LogP contribution in [0.25, 0.3) is 11.0 Å². The molecular formula is C24H22N4O. The summed E-state index contributed by atoms with van der Waals surface area (Å²) in [5.41, 5.74) is 5.97. The number of aromatic nitrogens is 3. The lowest BCUT2D eigenvalue weighted by Gasteiger charge is -2.35. The number of rotatable bonds is 3. The molecule has 0 spiro atoms. The summed E-state index contributed by atoms with van der Waals surface area (Å²) in [5, 5.41) is 8.45. The number of carbonyl (C=O) groups is 1. The van der Waals surface area contributed by atoms with Gasteiger partial charge < -0.3 is 4.90 Å². The fraction of sp³-hybridized carbons (Fsp3) is 0.208. The summed E-state index contributed by atoms with van der Waals surface area (Å²) in [6.07, 6.45) is 2.01. The molecule has 2 heterocycles. The van der Waals surface area contributed by atoms with Gasteiger partial charge >= 0.3 is 0 Å². The molecule has 0 fully saturated rings. The number of nitrogens with zero attached hydrogens (tertiary/aromatic N) is 4. The predicted molar refractivity (Wildman–Crippen MR) is 114 cm³/mol. The smallest absolute Gasteiger partial charge is 0.258 e. The summed E-state index contributed by atoms with van der Waals surface area (Å²) < 4.78 is 1.88. The highest BCUT2D eigenvalue weighted by molar-refractivity contribution is 6.07. The van der Waals surface area contributed by atoms with E-state index in [0.717, 1.165) is 35.1 Å². The van der Waals surface area contributed by atoms with E-state index in [1.807, 2.05) is 76.3 Å². The SMILES string of the molecule is CC1CCc2ccccc2N1C(=O)c1ccc(Cn2nnc3ccccc32)cc1. The van der Waals surface area contributed by atoms with Crippen molar-refractivity contribution in [3.8, 4) is 0 Å². The van der Waals surface area contributed by atoms with Gasteiger partial charge in [0.05, 0.1) is 12.1 Å².